The Bertz CT molecular complexity index is 1100. The number of methoxy groups -OCH3 is 1. The number of ether oxygens (including phenoxy) is 1. The van der Waals surface area contributed by atoms with Gasteiger partial charge in [-0.15, -0.1) is 0 Å². The third kappa shape index (κ3) is 2.97. The van der Waals surface area contributed by atoms with Gasteiger partial charge in [-0.2, -0.15) is 4.98 Å². The summed E-state index contributed by atoms with van der Waals surface area (Å²) in [7, 11) is 3.21. The van der Waals surface area contributed by atoms with E-state index in [0.29, 0.717) is 24.9 Å². The average molecular weight is 367 g/mol. The smallest absolute Gasteiger partial charge is 0.317 e. The lowest BCUT2D eigenvalue weighted by Gasteiger charge is -2.33. The van der Waals surface area contributed by atoms with Crippen LogP contribution in [0.4, 0.5) is 5.95 Å². The summed E-state index contributed by atoms with van der Waals surface area (Å²) >= 11 is 0. The molecular formula is C19H21N5O3. The van der Waals surface area contributed by atoms with Gasteiger partial charge in [0.1, 0.15) is 0 Å². The van der Waals surface area contributed by atoms with E-state index in [1.54, 1.807) is 31.0 Å². The number of para-hydroxylation sites is 2. The molecule has 0 spiro atoms. The van der Waals surface area contributed by atoms with E-state index in [1.165, 1.54) is 4.57 Å². The van der Waals surface area contributed by atoms with Crippen molar-refractivity contribution in [2.45, 2.75) is 18.9 Å². The van der Waals surface area contributed by atoms with Gasteiger partial charge in [-0.05, 0) is 25.0 Å². The molecule has 8 heteroatoms. The first-order valence-electron chi connectivity index (χ1n) is 8.92. The highest BCUT2D eigenvalue weighted by atomic mass is 16.5. The van der Waals surface area contributed by atoms with E-state index in [9.17, 15) is 9.59 Å². The first-order chi connectivity index (χ1) is 13.1. The molecule has 1 aliphatic rings. The summed E-state index contributed by atoms with van der Waals surface area (Å²) in [5, 5.41) is 0. The minimum absolute atomic E-state index is 0.0295. The SMILES string of the molecule is COc1ccnc(N2CCC(n3c(=O)c(=O)n(C)c4ccccc43)CC2)n1. The Balaban J connectivity index is 1.66. The van der Waals surface area contributed by atoms with E-state index in [0.717, 1.165) is 23.9 Å². The maximum atomic E-state index is 12.7. The monoisotopic (exact) mass is 367 g/mol. The summed E-state index contributed by atoms with van der Waals surface area (Å²) in [6.45, 7) is 1.40. The number of hydrogen-bond donors (Lipinski definition) is 0. The molecule has 0 unspecified atom stereocenters. The number of benzene rings is 1. The molecule has 1 saturated heterocycles. The highest BCUT2D eigenvalue weighted by Gasteiger charge is 2.25. The Morgan fingerprint density at radius 1 is 1.04 bits per heavy atom. The first-order valence-corrected chi connectivity index (χ1v) is 8.92. The van der Waals surface area contributed by atoms with Gasteiger partial charge in [-0.3, -0.25) is 14.2 Å². The van der Waals surface area contributed by atoms with Gasteiger partial charge < -0.3 is 14.2 Å². The second kappa shape index (κ2) is 6.86. The number of aryl methyl sites for hydroxylation is 1. The first kappa shape index (κ1) is 17.3. The lowest BCUT2D eigenvalue weighted by atomic mass is 10.0. The Morgan fingerprint density at radius 3 is 2.44 bits per heavy atom. The molecule has 8 nitrogen and oxygen atoms in total. The topological polar surface area (TPSA) is 82.3 Å². The van der Waals surface area contributed by atoms with E-state index in [-0.39, 0.29) is 6.04 Å². The molecule has 0 aliphatic carbocycles. The molecule has 140 valence electrons. The van der Waals surface area contributed by atoms with Gasteiger partial charge in [0, 0.05) is 38.4 Å². The fourth-order valence-electron chi connectivity index (χ4n) is 3.70. The van der Waals surface area contributed by atoms with Crippen molar-refractivity contribution < 1.29 is 4.74 Å². The summed E-state index contributed by atoms with van der Waals surface area (Å²) in [4.78, 5) is 35.9. The molecule has 0 saturated carbocycles. The van der Waals surface area contributed by atoms with Crippen LogP contribution in [-0.4, -0.2) is 39.3 Å². The zero-order chi connectivity index (χ0) is 19.0. The van der Waals surface area contributed by atoms with E-state index in [1.807, 2.05) is 24.3 Å². The number of piperidine rings is 1. The van der Waals surface area contributed by atoms with Crippen LogP contribution in [0.25, 0.3) is 11.0 Å². The predicted molar refractivity (Wildman–Crippen MR) is 103 cm³/mol. The summed E-state index contributed by atoms with van der Waals surface area (Å²) in [5.74, 6) is 1.14. The third-order valence-electron chi connectivity index (χ3n) is 5.15. The quantitative estimate of drug-likeness (QED) is 0.650. The normalized spacial score (nSPS) is 15.3. The van der Waals surface area contributed by atoms with Crippen molar-refractivity contribution in [3.8, 4) is 5.88 Å². The fraction of sp³-hybridized carbons (Fsp3) is 0.368. The van der Waals surface area contributed by atoms with Crippen molar-refractivity contribution in [1.29, 1.82) is 0 Å². The minimum atomic E-state index is -0.493. The Morgan fingerprint density at radius 2 is 1.74 bits per heavy atom. The largest absolute Gasteiger partial charge is 0.481 e. The van der Waals surface area contributed by atoms with E-state index >= 15 is 0 Å². The van der Waals surface area contributed by atoms with Crippen molar-refractivity contribution in [3.05, 3.63) is 57.2 Å². The van der Waals surface area contributed by atoms with Crippen LogP contribution in [0, 0.1) is 0 Å². The second-order valence-electron chi connectivity index (χ2n) is 6.65. The molecule has 27 heavy (non-hydrogen) atoms. The predicted octanol–water partition coefficient (Wildman–Crippen LogP) is 1.34. The number of nitrogens with zero attached hydrogens (tertiary/aromatic N) is 5. The summed E-state index contributed by atoms with van der Waals surface area (Å²) in [5.41, 5.74) is 0.598. The molecule has 0 amide bonds. The van der Waals surface area contributed by atoms with Gasteiger partial charge in [-0.1, -0.05) is 12.1 Å². The van der Waals surface area contributed by atoms with E-state index in [2.05, 4.69) is 14.9 Å². The molecule has 0 bridgehead atoms. The van der Waals surface area contributed by atoms with Gasteiger partial charge >= 0.3 is 11.1 Å². The lowest BCUT2D eigenvalue weighted by molar-refractivity contribution is 0.383. The molecule has 0 radical (unpaired) electrons. The zero-order valence-corrected chi connectivity index (χ0v) is 15.3. The fourth-order valence-corrected chi connectivity index (χ4v) is 3.70. The van der Waals surface area contributed by atoms with Crippen LogP contribution in [0.5, 0.6) is 5.88 Å². The summed E-state index contributed by atoms with van der Waals surface area (Å²) < 4.78 is 8.26. The maximum Gasteiger partial charge on any atom is 0.317 e. The van der Waals surface area contributed by atoms with Crippen LogP contribution in [0.1, 0.15) is 18.9 Å². The molecule has 1 aliphatic heterocycles. The van der Waals surface area contributed by atoms with Crippen molar-refractivity contribution in [3.63, 3.8) is 0 Å². The van der Waals surface area contributed by atoms with Crippen molar-refractivity contribution in [1.82, 2.24) is 19.1 Å². The van der Waals surface area contributed by atoms with Crippen LogP contribution in [0.3, 0.4) is 0 Å². The van der Waals surface area contributed by atoms with Crippen LogP contribution >= 0.6 is 0 Å². The molecule has 0 N–H and O–H groups in total. The van der Waals surface area contributed by atoms with Gasteiger partial charge in [0.25, 0.3) is 0 Å². The second-order valence-corrected chi connectivity index (χ2v) is 6.65. The number of rotatable bonds is 3. The molecule has 1 aromatic carbocycles. The number of anilines is 1. The molecule has 2 aromatic heterocycles. The summed E-state index contributed by atoms with van der Waals surface area (Å²) in [6.07, 6.45) is 3.14. The van der Waals surface area contributed by atoms with Gasteiger partial charge in [0.05, 0.1) is 18.1 Å². The highest BCUT2D eigenvalue weighted by molar-refractivity contribution is 5.75. The van der Waals surface area contributed by atoms with Crippen LogP contribution in [0.15, 0.2) is 46.1 Å². The van der Waals surface area contributed by atoms with Gasteiger partial charge in [0.2, 0.25) is 11.8 Å². The van der Waals surface area contributed by atoms with E-state index < -0.39 is 11.1 Å². The standard InChI is InChI=1S/C19H21N5O3/c1-22-14-5-3-4-6-15(14)24(18(26)17(22)25)13-8-11-23(12-9-13)19-20-10-7-16(21-19)27-2/h3-7,10,13H,8-9,11-12H2,1-2H3. The zero-order valence-electron chi connectivity index (χ0n) is 15.3. The third-order valence-corrected chi connectivity index (χ3v) is 5.15. The Labute approximate surface area is 155 Å². The Kier molecular flexibility index (Phi) is 4.39. The molecule has 1 fully saturated rings. The number of aromatic nitrogens is 4. The number of hydrogen-bond acceptors (Lipinski definition) is 6. The number of fused-ring (bicyclic) bond motifs is 1. The molecule has 3 heterocycles. The van der Waals surface area contributed by atoms with Crippen molar-refractivity contribution in [2.75, 3.05) is 25.1 Å². The van der Waals surface area contributed by atoms with E-state index in [4.69, 9.17) is 4.74 Å². The van der Waals surface area contributed by atoms with Crippen LogP contribution < -0.4 is 20.8 Å². The molecular weight excluding hydrogens is 346 g/mol. The average Bonchev–Trinajstić information content (AvgIpc) is 2.73. The molecule has 0 atom stereocenters. The summed E-state index contributed by atoms with van der Waals surface area (Å²) in [6, 6.07) is 9.21. The van der Waals surface area contributed by atoms with Crippen molar-refractivity contribution >= 4 is 17.0 Å². The Hall–Kier alpha value is -3.16. The molecule has 4 rings (SSSR count). The van der Waals surface area contributed by atoms with Crippen LogP contribution in [0.2, 0.25) is 0 Å². The highest BCUT2D eigenvalue weighted by Crippen LogP contribution is 2.26. The van der Waals surface area contributed by atoms with Crippen LogP contribution in [-0.2, 0) is 7.05 Å². The minimum Gasteiger partial charge on any atom is -0.481 e. The molecule has 3 aromatic rings. The maximum absolute atomic E-state index is 12.7. The van der Waals surface area contributed by atoms with Crippen molar-refractivity contribution in [2.24, 2.45) is 7.05 Å². The van der Waals surface area contributed by atoms with Gasteiger partial charge in [0.15, 0.2) is 0 Å². The van der Waals surface area contributed by atoms with Gasteiger partial charge in [-0.25, -0.2) is 4.98 Å². The lowest BCUT2D eigenvalue weighted by Crippen LogP contribution is -2.45.